The molecule has 2 aromatic rings. The Morgan fingerprint density at radius 2 is 1.15 bits per heavy atom. The molecule has 34 heavy (non-hydrogen) atoms. The van der Waals surface area contributed by atoms with Crippen LogP contribution in [0, 0.1) is 13.8 Å². The van der Waals surface area contributed by atoms with Gasteiger partial charge in [-0.25, -0.2) is 9.59 Å². The van der Waals surface area contributed by atoms with E-state index in [1.54, 1.807) is 55.4 Å². The summed E-state index contributed by atoms with van der Waals surface area (Å²) in [5.74, 6) is 2.25. The van der Waals surface area contributed by atoms with Crippen LogP contribution in [-0.2, 0) is 9.47 Å². The van der Waals surface area contributed by atoms with E-state index < -0.39 is 35.5 Å². The fourth-order valence-corrected chi connectivity index (χ4v) is 4.70. The van der Waals surface area contributed by atoms with Crippen molar-refractivity contribution in [1.29, 1.82) is 0 Å². The van der Waals surface area contributed by atoms with Crippen molar-refractivity contribution in [2.75, 3.05) is 11.5 Å². The largest absolute Gasteiger partial charge is 0.444 e. The third-order valence-electron chi connectivity index (χ3n) is 3.62. The zero-order valence-electron chi connectivity index (χ0n) is 20.6. The van der Waals surface area contributed by atoms with E-state index in [4.69, 9.17) is 18.5 Å². The van der Waals surface area contributed by atoms with Gasteiger partial charge in [-0.05, 0) is 55.4 Å². The zero-order chi connectivity index (χ0) is 25.5. The lowest BCUT2D eigenvalue weighted by Gasteiger charge is -2.22. The molecule has 2 aromatic heterocycles. The second-order valence-electron chi connectivity index (χ2n) is 9.33. The van der Waals surface area contributed by atoms with Crippen molar-refractivity contribution in [2.45, 2.75) is 78.7 Å². The van der Waals surface area contributed by atoms with Gasteiger partial charge in [-0.15, -0.1) is 0 Å². The molecule has 0 spiro atoms. The number of aromatic nitrogens is 4. The Kier molecular flexibility index (Phi) is 9.62. The standard InChI is InChI=1S/C20H32N6O6S2/c1-11-21-15(31-25-11)13(23-17(27)29-19(3,4)5)9-33-34-10-14(16-22-12(2)26-32-16)24-18(28)30-20(6,7)8/h13-14H,9-10H2,1-8H3,(H,23,27)(H,24,28)/t13-,14-/m0/s1. The van der Waals surface area contributed by atoms with Crippen LogP contribution in [0.4, 0.5) is 9.59 Å². The number of nitrogens with zero attached hydrogens (tertiary/aromatic N) is 4. The molecule has 0 radical (unpaired) electrons. The Labute approximate surface area is 206 Å². The molecule has 2 amide bonds. The molecule has 0 aromatic carbocycles. The summed E-state index contributed by atoms with van der Waals surface area (Å²) in [5.41, 5.74) is -1.30. The molecular formula is C20H32N6O6S2. The fourth-order valence-electron chi connectivity index (χ4n) is 2.39. The van der Waals surface area contributed by atoms with E-state index in [0.717, 1.165) is 0 Å². The number of aryl methyl sites for hydroxylation is 2. The molecule has 0 fully saturated rings. The number of nitrogens with one attached hydrogen (secondary N) is 2. The second kappa shape index (κ2) is 11.8. The number of alkyl carbamates (subject to hydrolysis) is 2. The van der Waals surface area contributed by atoms with E-state index in [2.05, 4.69) is 30.9 Å². The summed E-state index contributed by atoms with van der Waals surface area (Å²) in [5, 5.41) is 13.1. The molecule has 12 nitrogen and oxygen atoms in total. The first kappa shape index (κ1) is 27.8. The predicted octanol–water partition coefficient (Wildman–Crippen LogP) is 4.28. The number of hydrogen-bond donors (Lipinski definition) is 2. The van der Waals surface area contributed by atoms with Crippen LogP contribution in [0.25, 0.3) is 0 Å². The quantitative estimate of drug-likeness (QED) is 0.361. The SMILES string of the molecule is Cc1noc([C@H](CSSC[C@H](NC(=O)OC(C)(C)C)c2nc(C)no2)NC(=O)OC(C)(C)C)n1. The van der Waals surface area contributed by atoms with Gasteiger partial charge < -0.3 is 29.2 Å². The molecule has 14 heteroatoms. The molecule has 2 heterocycles. The molecule has 0 saturated heterocycles. The first-order chi connectivity index (χ1) is 15.7. The first-order valence-corrected chi connectivity index (χ1v) is 13.0. The Bertz CT molecular complexity index is 876. The minimum atomic E-state index is -0.649. The van der Waals surface area contributed by atoms with Gasteiger partial charge in [0, 0.05) is 11.5 Å². The molecule has 0 aliphatic rings. The van der Waals surface area contributed by atoms with Gasteiger partial charge in [-0.3, -0.25) is 0 Å². The van der Waals surface area contributed by atoms with E-state index in [-0.39, 0.29) is 11.8 Å². The molecular weight excluding hydrogens is 484 g/mol. The lowest BCUT2D eigenvalue weighted by molar-refractivity contribution is 0.0489. The minimum absolute atomic E-state index is 0.271. The molecule has 2 N–H and O–H groups in total. The van der Waals surface area contributed by atoms with Crippen LogP contribution in [0.15, 0.2) is 9.05 Å². The number of amides is 2. The topological polar surface area (TPSA) is 154 Å². The zero-order valence-corrected chi connectivity index (χ0v) is 22.3. The molecule has 0 unspecified atom stereocenters. The number of carbonyl (C=O) groups is 2. The summed E-state index contributed by atoms with van der Waals surface area (Å²) in [4.78, 5) is 33.0. The molecule has 190 valence electrons. The van der Waals surface area contributed by atoms with E-state index in [1.165, 1.54) is 21.6 Å². The first-order valence-electron chi connectivity index (χ1n) is 10.6. The maximum Gasteiger partial charge on any atom is 0.408 e. The van der Waals surface area contributed by atoms with Crippen molar-refractivity contribution >= 4 is 33.8 Å². The average Bonchev–Trinajstić information content (AvgIpc) is 3.28. The van der Waals surface area contributed by atoms with Crippen molar-refractivity contribution < 1.29 is 28.1 Å². The van der Waals surface area contributed by atoms with Gasteiger partial charge in [-0.1, -0.05) is 31.9 Å². The summed E-state index contributed by atoms with van der Waals surface area (Å²) >= 11 is 0. The molecule has 0 saturated carbocycles. The van der Waals surface area contributed by atoms with Gasteiger partial charge in [0.1, 0.15) is 23.3 Å². The number of hydrogen-bond acceptors (Lipinski definition) is 12. The Morgan fingerprint density at radius 3 is 1.41 bits per heavy atom. The van der Waals surface area contributed by atoms with Crippen LogP contribution in [0.2, 0.25) is 0 Å². The molecule has 2 rings (SSSR count). The molecule has 2 atom stereocenters. The number of ether oxygens (including phenoxy) is 2. The van der Waals surface area contributed by atoms with Crippen molar-refractivity contribution in [3.05, 3.63) is 23.4 Å². The Balaban J connectivity index is 1.99. The third-order valence-corrected chi connectivity index (χ3v) is 6.04. The monoisotopic (exact) mass is 516 g/mol. The lowest BCUT2D eigenvalue weighted by atomic mass is 10.2. The van der Waals surface area contributed by atoms with Crippen LogP contribution < -0.4 is 10.6 Å². The van der Waals surface area contributed by atoms with E-state index >= 15 is 0 Å². The number of carbonyl (C=O) groups excluding carboxylic acids is 2. The maximum atomic E-state index is 12.3. The molecule has 0 aliphatic carbocycles. The van der Waals surface area contributed by atoms with Crippen molar-refractivity contribution in [3.63, 3.8) is 0 Å². The van der Waals surface area contributed by atoms with Crippen molar-refractivity contribution in [2.24, 2.45) is 0 Å². The summed E-state index contributed by atoms with van der Waals surface area (Å²) in [6, 6.07) is -1.15. The number of rotatable bonds is 9. The summed E-state index contributed by atoms with van der Waals surface area (Å²) < 4.78 is 21.2. The highest BCUT2D eigenvalue weighted by atomic mass is 33.1. The maximum absolute atomic E-state index is 12.3. The summed E-state index contributed by atoms with van der Waals surface area (Å²) in [7, 11) is 2.86. The fraction of sp³-hybridized carbons (Fsp3) is 0.700. The van der Waals surface area contributed by atoms with Gasteiger partial charge >= 0.3 is 12.2 Å². The smallest absolute Gasteiger partial charge is 0.408 e. The summed E-state index contributed by atoms with van der Waals surface area (Å²) in [6.07, 6.45) is -1.19. The highest BCUT2D eigenvalue weighted by Gasteiger charge is 2.27. The predicted molar refractivity (Wildman–Crippen MR) is 127 cm³/mol. The minimum Gasteiger partial charge on any atom is -0.444 e. The Morgan fingerprint density at radius 1 is 0.794 bits per heavy atom. The average molecular weight is 517 g/mol. The third kappa shape index (κ3) is 10.2. The van der Waals surface area contributed by atoms with E-state index in [9.17, 15) is 9.59 Å². The van der Waals surface area contributed by atoms with Gasteiger partial charge in [0.2, 0.25) is 11.8 Å². The van der Waals surface area contributed by atoms with Gasteiger partial charge in [-0.2, -0.15) is 9.97 Å². The highest BCUT2D eigenvalue weighted by molar-refractivity contribution is 8.76. The van der Waals surface area contributed by atoms with Gasteiger partial charge in [0.15, 0.2) is 11.6 Å². The summed E-state index contributed by atoms with van der Waals surface area (Å²) in [6.45, 7) is 14.1. The van der Waals surface area contributed by atoms with Gasteiger partial charge in [0.25, 0.3) is 0 Å². The molecule has 0 bridgehead atoms. The molecule has 0 aliphatic heterocycles. The van der Waals surface area contributed by atoms with Gasteiger partial charge in [0.05, 0.1) is 0 Å². The lowest BCUT2D eigenvalue weighted by Crippen LogP contribution is -2.36. The van der Waals surface area contributed by atoms with Crippen molar-refractivity contribution in [3.8, 4) is 0 Å². The van der Waals surface area contributed by atoms with Crippen LogP contribution in [0.5, 0.6) is 0 Å². The second-order valence-corrected chi connectivity index (χ2v) is 11.9. The normalized spacial score (nSPS) is 13.8. The Hall–Kier alpha value is -2.48. The van der Waals surface area contributed by atoms with Crippen LogP contribution in [0.1, 0.15) is 77.1 Å². The van der Waals surface area contributed by atoms with Crippen LogP contribution in [0.3, 0.4) is 0 Å². The van der Waals surface area contributed by atoms with E-state index in [0.29, 0.717) is 23.2 Å². The van der Waals surface area contributed by atoms with Crippen molar-refractivity contribution in [1.82, 2.24) is 30.9 Å². The van der Waals surface area contributed by atoms with Crippen LogP contribution in [-0.4, -0.2) is 55.2 Å². The highest BCUT2D eigenvalue weighted by Crippen LogP contribution is 2.31. The van der Waals surface area contributed by atoms with Crippen LogP contribution >= 0.6 is 21.6 Å². The van der Waals surface area contributed by atoms with E-state index in [1.807, 2.05) is 0 Å².